The van der Waals surface area contributed by atoms with Crippen molar-refractivity contribution in [1.82, 2.24) is 31.4 Å². The minimum absolute atomic E-state index is 0.0234. The summed E-state index contributed by atoms with van der Waals surface area (Å²) in [4.78, 5) is 21.1. The molecular weight excluding hydrogens is 458 g/mol. The van der Waals surface area contributed by atoms with E-state index in [-0.39, 0.29) is 11.9 Å². The van der Waals surface area contributed by atoms with Gasteiger partial charge in [0.1, 0.15) is 12.2 Å². The summed E-state index contributed by atoms with van der Waals surface area (Å²) in [5.74, 6) is -0.0234. The van der Waals surface area contributed by atoms with Gasteiger partial charge in [-0.2, -0.15) is 5.48 Å². The number of nitrogens with one attached hydrogen (secondary N) is 5. The molecule has 0 radical (unpaired) electrons. The fourth-order valence-corrected chi connectivity index (χ4v) is 6.11. The number of aliphatic hydroxyl groups excluding tert-OH is 1. The van der Waals surface area contributed by atoms with Crippen LogP contribution in [-0.2, 0) is 9.63 Å². The second-order valence-corrected chi connectivity index (χ2v) is 10.6. The summed E-state index contributed by atoms with van der Waals surface area (Å²) < 4.78 is 0. The number of hydrogen-bond donors (Lipinski definition) is 6. The molecule has 3 saturated heterocycles. The van der Waals surface area contributed by atoms with Gasteiger partial charge >= 0.3 is 0 Å². The molecule has 1 amide bonds. The first-order valence-corrected chi connectivity index (χ1v) is 13.9. The van der Waals surface area contributed by atoms with Crippen LogP contribution in [0.5, 0.6) is 0 Å². The summed E-state index contributed by atoms with van der Waals surface area (Å²) in [7, 11) is 0. The molecule has 10 nitrogen and oxygen atoms in total. The van der Waals surface area contributed by atoms with Gasteiger partial charge in [-0.05, 0) is 31.7 Å². The molecule has 36 heavy (non-hydrogen) atoms. The molecule has 0 aromatic heterocycles. The molecule has 3 aliphatic heterocycles. The van der Waals surface area contributed by atoms with Crippen LogP contribution in [0.25, 0.3) is 0 Å². The molecule has 1 aromatic carbocycles. The van der Waals surface area contributed by atoms with Crippen molar-refractivity contribution >= 4 is 11.6 Å². The summed E-state index contributed by atoms with van der Waals surface area (Å²) in [6.45, 7) is 2.99. The van der Waals surface area contributed by atoms with E-state index in [1.807, 2.05) is 24.3 Å². The largest absolute Gasteiger partial charge is 0.355 e. The molecular formula is C26H43N7O3. The molecule has 5 rings (SSSR count). The number of benzene rings is 1. The van der Waals surface area contributed by atoms with E-state index >= 15 is 0 Å². The number of rotatable bonds is 5. The number of anilines is 1. The van der Waals surface area contributed by atoms with Crippen molar-refractivity contribution in [2.45, 2.75) is 101 Å². The Bertz CT molecular complexity index is 843. The van der Waals surface area contributed by atoms with Gasteiger partial charge in [-0.15, -0.1) is 0 Å². The Hall–Kier alpha value is -1.63. The average molecular weight is 502 g/mol. The zero-order chi connectivity index (χ0) is 24.7. The number of aliphatic hydroxyl groups is 1. The first kappa shape index (κ1) is 26.0. The molecule has 0 spiro atoms. The lowest BCUT2D eigenvalue weighted by molar-refractivity contribution is -0.126. The SMILES string of the molecule is O=C(Nc1ccccc1C1NOC(O)N1)C1CCC(N2CCNC2)N(C2CCCCCCCCC2)N1. The summed E-state index contributed by atoms with van der Waals surface area (Å²) in [6, 6.07) is 7.78. The molecule has 0 bridgehead atoms. The monoisotopic (exact) mass is 501 g/mol. The first-order valence-electron chi connectivity index (χ1n) is 13.9. The van der Waals surface area contributed by atoms with Gasteiger partial charge in [0.15, 0.2) is 0 Å². The van der Waals surface area contributed by atoms with Crippen LogP contribution in [-0.4, -0.2) is 65.3 Å². The van der Waals surface area contributed by atoms with E-state index in [9.17, 15) is 9.90 Å². The number of para-hydroxylation sites is 1. The molecule has 4 fully saturated rings. The molecule has 4 aliphatic rings. The Morgan fingerprint density at radius 1 is 1.00 bits per heavy atom. The van der Waals surface area contributed by atoms with Crippen molar-refractivity contribution in [3.05, 3.63) is 29.8 Å². The van der Waals surface area contributed by atoms with Crippen LogP contribution in [0.2, 0.25) is 0 Å². The van der Waals surface area contributed by atoms with Crippen molar-refractivity contribution in [3.8, 4) is 0 Å². The van der Waals surface area contributed by atoms with Crippen molar-refractivity contribution in [3.63, 3.8) is 0 Å². The number of hydrogen-bond acceptors (Lipinski definition) is 9. The number of carbonyl (C=O) groups excluding carboxylic acids is 1. The van der Waals surface area contributed by atoms with Gasteiger partial charge < -0.3 is 15.7 Å². The van der Waals surface area contributed by atoms with Crippen LogP contribution in [0.15, 0.2) is 24.3 Å². The van der Waals surface area contributed by atoms with E-state index in [0.29, 0.717) is 17.9 Å². The molecule has 4 unspecified atom stereocenters. The Kier molecular flexibility index (Phi) is 9.21. The molecule has 3 heterocycles. The number of hydrazine groups is 1. The van der Waals surface area contributed by atoms with Crippen LogP contribution in [0.3, 0.4) is 0 Å². The van der Waals surface area contributed by atoms with Crippen molar-refractivity contribution in [2.24, 2.45) is 0 Å². The fourth-order valence-electron chi connectivity index (χ4n) is 6.11. The third-order valence-electron chi connectivity index (χ3n) is 8.07. The van der Waals surface area contributed by atoms with Gasteiger partial charge in [0.2, 0.25) is 12.3 Å². The minimum atomic E-state index is -1.08. The van der Waals surface area contributed by atoms with Gasteiger partial charge in [0.25, 0.3) is 0 Å². The van der Waals surface area contributed by atoms with Crippen molar-refractivity contribution in [1.29, 1.82) is 0 Å². The summed E-state index contributed by atoms with van der Waals surface area (Å²) in [5.41, 5.74) is 8.02. The molecule has 10 heteroatoms. The quantitative estimate of drug-likeness (QED) is 0.361. The van der Waals surface area contributed by atoms with Gasteiger partial charge in [-0.1, -0.05) is 63.1 Å². The van der Waals surface area contributed by atoms with Gasteiger partial charge in [0, 0.05) is 37.1 Å². The zero-order valence-corrected chi connectivity index (χ0v) is 21.3. The summed E-state index contributed by atoms with van der Waals surface area (Å²) >= 11 is 0. The second kappa shape index (κ2) is 12.7. The highest BCUT2D eigenvalue weighted by Gasteiger charge is 2.39. The maximum atomic E-state index is 13.5. The van der Waals surface area contributed by atoms with Gasteiger partial charge in [-0.3, -0.25) is 14.5 Å². The van der Waals surface area contributed by atoms with E-state index in [1.165, 1.54) is 57.8 Å². The van der Waals surface area contributed by atoms with Gasteiger partial charge in [-0.25, -0.2) is 15.8 Å². The Morgan fingerprint density at radius 3 is 2.44 bits per heavy atom. The van der Waals surface area contributed by atoms with Gasteiger partial charge in [0.05, 0.1) is 6.17 Å². The van der Waals surface area contributed by atoms with Crippen molar-refractivity contribution < 1.29 is 14.7 Å². The zero-order valence-electron chi connectivity index (χ0n) is 21.3. The lowest BCUT2D eigenvalue weighted by Gasteiger charge is -2.47. The number of nitrogens with zero attached hydrogens (tertiary/aromatic N) is 2. The van der Waals surface area contributed by atoms with Crippen LogP contribution < -0.4 is 26.9 Å². The second-order valence-electron chi connectivity index (χ2n) is 10.6. The number of amides is 1. The number of carbonyl (C=O) groups is 1. The predicted molar refractivity (Wildman–Crippen MR) is 138 cm³/mol. The lowest BCUT2D eigenvalue weighted by Crippen LogP contribution is -2.65. The Balaban J connectivity index is 1.29. The average Bonchev–Trinajstić information content (AvgIpc) is 3.59. The van der Waals surface area contributed by atoms with E-state index in [2.05, 4.69) is 36.8 Å². The third kappa shape index (κ3) is 6.43. The van der Waals surface area contributed by atoms with E-state index < -0.39 is 12.6 Å². The summed E-state index contributed by atoms with van der Waals surface area (Å²) in [5, 5.41) is 21.7. The molecule has 4 atom stereocenters. The number of hydroxylamine groups is 1. The lowest BCUT2D eigenvalue weighted by atomic mass is 9.95. The van der Waals surface area contributed by atoms with E-state index in [0.717, 1.165) is 38.2 Å². The van der Waals surface area contributed by atoms with Crippen LogP contribution in [0.1, 0.15) is 82.4 Å². The predicted octanol–water partition coefficient (Wildman–Crippen LogP) is 2.07. The topological polar surface area (TPSA) is 113 Å². The smallest absolute Gasteiger partial charge is 0.242 e. The molecule has 1 aromatic rings. The van der Waals surface area contributed by atoms with E-state index in [4.69, 9.17) is 4.84 Å². The maximum absolute atomic E-state index is 13.5. The van der Waals surface area contributed by atoms with Crippen molar-refractivity contribution in [2.75, 3.05) is 25.1 Å². The highest BCUT2D eigenvalue weighted by molar-refractivity contribution is 5.95. The third-order valence-corrected chi connectivity index (χ3v) is 8.07. The molecule has 1 aliphatic carbocycles. The maximum Gasteiger partial charge on any atom is 0.242 e. The summed E-state index contributed by atoms with van der Waals surface area (Å²) in [6.07, 6.45) is 12.2. The Labute approximate surface area is 214 Å². The van der Waals surface area contributed by atoms with Crippen LogP contribution in [0.4, 0.5) is 5.69 Å². The molecule has 200 valence electrons. The Morgan fingerprint density at radius 2 is 1.75 bits per heavy atom. The normalized spacial score (nSPS) is 31.9. The molecule has 1 saturated carbocycles. The highest BCUT2D eigenvalue weighted by Crippen LogP contribution is 2.29. The highest BCUT2D eigenvalue weighted by atomic mass is 16.8. The first-order chi connectivity index (χ1) is 17.7. The minimum Gasteiger partial charge on any atom is -0.355 e. The van der Waals surface area contributed by atoms with Crippen LogP contribution in [0, 0.1) is 0 Å². The fraction of sp³-hybridized carbons (Fsp3) is 0.731. The van der Waals surface area contributed by atoms with Crippen LogP contribution >= 0.6 is 0 Å². The van der Waals surface area contributed by atoms with E-state index in [1.54, 1.807) is 0 Å². The molecule has 6 N–H and O–H groups in total. The standard InChI is InChI=1S/C26H43N7O3/c34-25(28-21-13-9-8-12-20(21)24-29-26(35)36-31-24)22-14-15-23(32-17-16-27-18-32)33(30-22)19-10-6-4-2-1-3-5-7-11-19/h8-9,12-13,19,22-24,26-27,29-31,35H,1-7,10-11,14-18H2,(H,28,34).